The molecule has 0 aliphatic carbocycles. The van der Waals surface area contributed by atoms with Crippen LogP contribution in [0.15, 0.2) is 23.8 Å². The molecule has 0 radical (unpaired) electrons. The van der Waals surface area contributed by atoms with Crippen LogP contribution >= 0.6 is 0 Å². The van der Waals surface area contributed by atoms with E-state index in [-0.39, 0.29) is 0 Å². The first-order chi connectivity index (χ1) is 5.11. The molecule has 62 valence electrons. The normalized spacial score (nSPS) is 19.4. The zero-order valence-corrected chi connectivity index (χ0v) is 7.65. The number of hydrogen-bond acceptors (Lipinski definition) is 1. The van der Waals surface area contributed by atoms with Crippen molar-refractivity contribution in [2.45, 2.75) is 20.8 Å². The van der Waals surface area contributed by atoms with Gasteiger partial charge in [0.15, 0.2) is 0 Å². The highest BCUT2D eigenvalue weighted by molar-refractivity contribution is 5.26. The van der Waals surface area contributed by atoms with Crippen molar-refractivity contribution in [1.29, 1.82) is 0 Å². The Kier molecular flexibility index (Phi) is 2.50. The molecule has 0 aromatic rings. The third-order valence-electron chi connectivity index (χ3n) is 1.89. The minimum absolute atomic E-state index is 0.294. The summed E-state index contributed by atoms with van der Waals surface area (Å²) in [5.74, 6) is 0. The van der Waals surface area contributed by atoms with Crippen molar-refractivity contribution in [1.82, 2.24) is 5.32 Å². The first kappa shape index (κ1) is 8.54. The van der Waals surface area contributed by atoms with E-state index in [1.807, 2.05) is 0 Å². The van der Waals surface area contributed by atoms with Crippen molar-refractivity contribution < 1.29 is 0 Å². The van der Waals surface area contributed by atoms with Gasteiger partial charge in [0, 0.05) is 13.1 Å². The van der Waals surface area contributed by atoms with Crippen molar-refractivity contribution in [2.75, 3.05) is 13.1 Å². The van der Waals surface area contributed by atoms with E-state index in [1.165, 1.54) is 5.57 Å². The summed E-state index contributed by atoms with van der Waals surface area (Å²) in [5, 5.41) is 3.29. The summed E-state index contributed by atoms with van der Waals surface area (Å²) >= 11 is 0. The van der Waals surface area contributed by atoms with Crippen LogP contribution in [0.1, 0.15) is 20.8 Å². The van der Waals surface area contributed by atoms with Crippen molar-refractivity contribution in [3.63, 3.8) is 0 Å². The van der Waals surface area contributed by atoms with Crippen LogP contribution in [0.4, 0.5) is 0 Å². The van der Waals surface area contributed by atoms with Gasteiger partial charge in [-0.1, -0.05) is 39.0 Å². The van der Waals surface area contributed by atoms with Crippen LogP contribution in [0.25, 0.3) is 0 Å². The molecule has 0 aromatic heterocycles. The lowest BCUT2D eigenvalue weighted by Crippen LogP contribution is -2.12. The fraction of sp³-hybridized carbons (Fsp3) is 0.600. The molecule has 1 heteroatoms. The average Bonchev–Trinajstić information content (AvgIpc) is 2.10. The van der Waals surface area contributed by atoms with E-state index in [1.54, 1.807) is 0 Å². The van der Waals surface area contributed by atoms with E-state index in [4.69, 9.17) is 0 Å². The topological polar surface area (TPSA) is 12.0 Å². The molecule has 1 rings (SSSR count). The Balaban J connectivity index is 2.75. The SMILES string of the molecule is CC(C)(C)C1=CCNCC=C1. The van der Waals surface area contributed by atoms with Crippen LogP contribution in [-0.2, 0) is 0 Å². The monoisotopic (exact) mass is 151 g/mol. The Labute approximate surface area is 69.2 Å². The van der Waals surface area contributed by atoms with Gasteiger partial charge in [-0.15, -0.1) is 0 Å². The molecule has 0 unspecified atom stereocenters. The highest BCUT2D eigenvalue weighted by Crippen LogP contribution is 2.26. The summed E-state index contributed by atoms with van der Waals surface area (Å²) in [6.07, 6.45) is 6.67. The fourth-order valence-electron chi connectivity index (χ4n) is 1.16. The predicted molar refractivity (Wildman–Crippen MR) is 49.5 cm³/mol. The molecular weight excluding hydrogens is 134 g/mol. The average molecular weight is 151 g/mol. The Morgan fingerprint density at radius 1 is 1.27 bits per heavy atom. The number of allylic oxidation sites excluding steroid dienone is 2. The molecule has 0 bridgehead atoms. The summed E-state index contributed by atoms with van der Waals surface area (Å²) in [5.41, 5.74) is 1.73. The van der Waals surface area contributed by atoms with Crippen molar-refractivity contribution in [2.24, 2.45) is 5.41 Å². The number of nitrogens with one attached hydrogen (secondary N) is 1. The molecule has 1 aliphatic heterocycles. The lowest BCUT2D eigenvalue weighted by Gasteiger charge is -2.19. The summed E-state index contributed by atoms with van der Waals surface area (Å²) in [6, 6.07) is 0. The maximum absolute atomic E-state index is 3.29. The van der Waals surface area contributed by atoms with Crippen LogP contribution in [0.2, 0.25) is 0 Å². The van der Waals surface area contributed by atoms with Crippen LogP contribution in [0.5, 0.6) is 0 Å². The van der Waals surface area contributed by atoms with Gasteiger partial charge in [0.05, 0.1) is 0 Å². The molecule has 1 aliphatic rings. The summed E-state index contributed by atoms with van der Waals surface area (Å²) < 4.78 is 0. The molecule has 0 aromatic carbocycles. The molecule has 1 nitrogen and oxygen atoms in total. The van der Waals surface area contributed by atoms with E-state index in [2.05, 4.69) is 44.3 Å². The van der Waals surface area contributed by atoms with Gasteiger partial charge in [-0.2, -0.15) is 0 Å². The van der Waals surface area contributed by atoms with Crippen LogP contribution in [0, 0.1) is 5.41 Å². The Morgan fingerprint density at radius 2 is 2.00 bits per heavy atom. The van der Waals surface area contributed by atoms with Gasteiger partial charge < -0.3 is 5.32 Å². The highest BCUT2D eigenvalue weighted by Gasteiger charge is 2.14. The van der Waals surface area contributed by atoms with Gasteiger partial charge in [0.2, 0.25) is 0 Å². The maximum Gasteiger partial charge on any atom is 0.0143 e. The van der Waals surface area contributed by atoms with Crippen molar-refractivity contribution in [3.05, 3.63) is 23.8 Å². The van der Waals surface area contributed by atoms with Crippen LogP contribution in [-0.4, -0.2) is 13.1 Å². The lowest BCUT2D eigenvalue weighted by atomic mass is 9.86. The van der Waals surface area contributed by atoms with Gasteiger partial charge in [0.1, 0.15) is 0 Å². The molecule has 1 N–H and O–H groups in total. The largest absolute Gasteiger partial charge is 0.310 e. The second-order valence-electron chi connectivity index (χ2n) is 3.97. The fourth-order valence-corrected chi connectivity index (χ4v) is 1.16. The van der Waals surface area contributed by atoms with Gasteiger partial charge in [-0.05, 0) is 11.0 Å². The Morgan fingerprint density at radius 3 is 2.64 bits per heavy atom. The van der Waals surface area contributed by atoms with E-state index in [0.717, 1.165) is 13.1 Å². The zero-order valence-electron chi connectivity index (χ0n) is 7.65. The van der Waals surface area contributed by atoms with E-state index in [0.29, 0.717) is 5.41 Å². The van der Waals surface area contributed by atoms with Crippen LogP contribution < -0.4 is 5.32 Å². The molecule has 0 fully saturated rings. The standard InChI is InChI=1S/C10H17N/c1-10(2,3)9-5-4-7-11-8-6-9/h4-6,11H,7-8H2,1-3H3. The van der Waals surface area contributed by atoms with Gasteiger partial charge >= 0.3 is 0 Å². The van der Waals surface area contributed by atoms with Crippen molar-refractivity contribution >= 4 is 0 Å². The Hall–Kier alpha value is -0.560. The zero-order chi connectivity index (χ0) is 8.32. The van der Waals surface area contributed by atoms with E-state index in [9.17, 15) is 0 Å². The molecule has 0 spiro atoms. The van der Waals surface area contributed by atoms with Gasteiger partial charge in [-0.3, -0.25) is 0 Å². The molecule has 11 heavy (non-hydrogen) atoms. The highest BCUT2D eigenvalue weighted by atomic mass is 14.8. The molecule has 0 atom stereocenters. The first-order valence-electron chi connectivity index (χ1n) is 4.18. The summed E-state index contributed by atoms with van der Waals surface area (Å²) in [6.45, 7) is 8.73. The van der Waals surface area contributed by atoms with Gasteiger partial charge in [0.25, 0.3) is 0 Å². The number of rotatable bonds is 0. The maximum atomic E-state index is 3.29. The Bertz CT molecular complexity index is 182. The van der Waals surface area contributed by atoms with Crippen LogP contribution in [0.3, 0.4) is 0 Å². The smallest absolute Gasteiger partial charge is 0.0143 e. The summed E-state index contributed by atoms with van der Waals surface area (Å²) in [7, 11) is 0. The van der Waals surface area contributed by atoms with E-state index < -0.39 is 0 Å². The minimum Gasteiger partial charge on any atom is -0.310 e. The molecular formula is C10H17N. The molecule has 0 saturated carbocycles. The van der Waals surface area contributed by atoms with E-state index >= 15 is 0 Å². The molecule has 0 saturated heterocycles. The lowest BCUT2D eigenvalue weighted by molar-refractivity contribution is 0.515. The van der Waals surface area contributed by atoms with Crippen molar-refractivity contribution in [3.8, 4) is 0 Å². The second-order valence-corrected chi connectivity index (χ2v) is 3.97. The first-order valence-corrected chi connectivity index (χ1v) is 4.18. The van der Waals surface area contributed by atoms with Gasteiger partial charge in [-0.25, -0.2) is 0 Å². The predicted octanol–water partition coefficient (Wildman–Crippen LogP) is 2.12. The third kappa shape index (κ3) is 2.51. The third-order valence-corrected chi connectivity index (χ3v) is 1.89. The quantitative estimate of drug-likeness (QED) is 0.559. The molecule has 1 heterocycles. The molecule has 0 amide bonds. The summed E-state index contributed by atoms with van der Waals surface area (Å²) in [4.78, 5) is 0. The second kappa shape index (κ2) is 3.22. The number of hydrogen-bond donors (Lipinski definition) is 1. The minimum atomic E-state index is 0.294.